The molecular weight excluding hydrogens is 284 g/mol. The number of hydrogen-bond acceptors (Lipinski definition) is 2. The molecule has 2 N–H and O–H groups in total. The lowest BCUT2D eigenvalue weighted by molar-refractivity contribution is 0.527. The van der Waals surface area contributed by atoms with Crippen molar-refractivity contribution >= 4 is 11.4 Å². The second-order valence-electron chi connectivity index (χ2n) is 7.15. The zero-order valence-corrected chi connectivity index (χ0v) is 13.3. The van der Waals surface area contributed by atoms with E-state index in [1.807, 2.05) is 0 Å². The number of hydrogen-bond donors (Lipinski definition) is 2. The fourth-order valence-corrected chi connectivity index (χ4v) is 4.22. The van der Waals surface area contributed by atoms with E-state index in [0.29, 0.717) is 12.1 Å². The van der Waals surface area contributed by atoms with E-state index in [-0.39, 0.29) is 0 Å². The molecule has 0 aliphatic carbocycles. The quantitative estimate of drug-likeness (QED) is 0.751. The molecule has 3 aliphatic rings. The molecule has 4 heteroatoms. The Labute approximate surface area is 136 Å². The van der Waals surface area contributed by atoms with E-state index in [1.54, 1.807) is 0 Å². The SMILES string of the molecule is c1cc2[nH]c1CC1=NC(CC1)C1CCC(=N1)Cc1ccc([nH]1)C2. The van der Waals surface area contributed by atoms with Crippen LogP contribution in [0.25, 0.3) is 0 Å². The number of fused-ring (bicyclic) bond motifs is 7. The zero-order valence-electron chi connectivity index (χ0n) is 13.3. The second-order valence-corrected chi connectivity index (χ2v) is 7.15. The van der Waals surface area contributed by atoms with Crippen molar-refractivity contribution in [2.45, 2.75) is 57.0 Å². The summed E-state index contributed by atoms with van der Waals surface area (Å²) < 4.78 is 0. The Morgan fingerprint density at radius 1 is 0.652 bits per heavy atom. The van der Waals surface area contributed by atoms with Crippen LogP contribution in [0.1, 0.15) is 48.5 Å². The number of nitrogens with zero attached hydrogens (tertiary/aromatic N) is 2. The van der Waals surface area contributed by atoms with E-state index in [1.165, 1.54) is 47.0 Å². The molecular formula is C19H22N4. The molecule has 0 radical (unpaired) electrons. The molecule has 118 valence electrons. The summed E-state index contributed by atoms with van der Waals surface area (Å²) in [6.07, 6.45) is 7.50. The molecule has 5 rings (SSSR count). The number of rotatable bonds is 0. The zero-order chi connectivity index (χ0) is 15.2. The molecule has 4 nitrogen and oxygen atoms in total. The first-order chi connectivity index (χ1) is 11.3. The molecule has 3 aliphatic heterocycles. The smallest absolute Gasteiger partial charge is 0.0726 e. The van der Waals surface area contributed by atoms with E-state index in [2.05, 4.69) is 34.2 Å². The van der Waals surface area contributed by atoms with Gasteiger partial charge in [-0.05, 0) is 49.9 Å². The Morgan fingerprint density at radius 2 is 1.09 bits per heavy atom. The largest absolute Gasteiger partial charge is 0.362 e. The maximum Gasteiger partial charge on any atom is 0.0726 e. The van der Waals surface area contributed by atoms with Crippen LogP contribution in [0.2, 0.25) is 0 Å². The molecule has 0 spiro atoms. The lowest BCUT2D eigenvalue weighted by Gasteiger charge is -2.11. The first-order valence-corrected chi connectivity index (χ1v) is 8.76. The summed E-state index contributed by atoms with van der Waals surface area (Å²) in [5, 5.41) is 0. The van der Waals surface area contributed by atoms with E-state index >= 15 is 0 Å². The van der Waals surface area contributed by atoms with Crippen molar-refractivity contribution in [2.75, 3.05) is 0 Å². The van der Waals surface area contributed by atoms with Crippen molar-refractivity contribution in [2.24, 2.45) is 9.98 Å². The molecule has 23 heavy (non-hydrogen) atoms. The lowest BCUT2D eigenvalue weighted by atomic mass is 10.0. The molecule has 2 aromatic rings. The fourth-order valence-electron chi connectivity index (χ4n) is 4.22. The highest BCUT2D eigenvalue weighted by Gasteiger charge is 2.29. The van der Waals surface area contributed by atoms with Crippen molar-refractivity contribution < 1.29 is 0 Å². The Morgan fingerprint density at radius 3 is 1.57 bits per heavy atom. The van der Waals surface area contributed by atoms with E-state index in [0.717, 1.165) is 32.1 Å². The Kier molecular flexibility index (Phi) is 3.03. The topological polar surface area (TPSA) is 56.3 Å². The highest BCUT2D eigenvalue weighted by atomic mass is 15.0. The number of aromatic amines is 2. The van der Waals surface area contributed by atoms with Gasteiger partial charge in [0.15, 0.2) is 0 Å². The van der Waals surface area contributed by atoms with Gasteiger partial charge in [-0.25, -0.2) is 0 Å². The molecule has 0 aromatic carbocycles. The van der Waals surface area contributed by atoms with Gasteiger partial charge in [-0.15, -0.1) is 0 Å². The number of nitrogens with one attached hydrogen (secondary N) is 2. The van der Waals surface area contributed by atoms with E-state index in [4.69, 9.17) is 9.98 Å². The predicted octanol–water partition coefficient (Wildman–Crippen LogP) is 3.24. The van der Waals surface area contributed by atoms with Gasteiger partial charge in [-0.1, -0.05) is 0 Å². The van der Waals surface area contributed by atoms with Gasteiger partial charge in [0.2, 0.25) is 0 Å². The van der Waals surface area contributed by atoms with Crippen molar-refractivity contribution in [3.05, 3.63) is 47.0 Å². The van der Waals surface area contributed by atoms with Crippen molar-refractivity contribution in [1.29, 1.82) is 0 Å². The van der Waals surface area contributed by atoms with Crippen molar-refractivity contribution in [1.82, 2.24) is 9.97 Å². The summed E-state index contributed by atoms with van der Waals surface area (Å²) in [6, 6.07) is 9.69. The molecule has 0 saturated carbocycles. The van der Waals surface area contributed by atoms with Gasteiger partial charge in [-0.2, -0.15) is 0 Å². The van der Waals surface area contributed by atoms with Crippen LogP contribution in [0.4, 0.5) is 0 Å². The molecule has 2 aromatic heterocycles. The van der Waals surface area contributed by atoms with E-state index in [9.17, 15) is 0 Å². The van der Waals surface area contributed by atoms with Gasteiger partial charge in [0, 0.05) is 53.5 Å². The van der Waals surface area contributed by atoms with Crippen LogP contribution >= 0.6 is 0 Å². The summed E-state index contributed by atoms with van der Waals surface area (Å²) in [5.41, 5.74) is 7.83. The van der Waals surface area contributed by atoms with Gasteiger partial charge in [0.25, 0.3) is 0 Å². The van der Waals surface area contributed by atoms with Crippen LogP contribution in [-0.4, -0.2) is 33.5 Å². The van der Waals surface area contributed by atoms with Gasteiger partial charge in [-0.3, -0.25) is 9.98 Å². The van der Waals surface area contributed by atoms with Crippen molar-refractivity contribution in [3.8, 4) is 0 Å². The first kappa shape index (κ1) is 13.3. The highest BCUT2D eigenvalue weighted by Crippen LogP contribution is 2.28. The fraction of sp³-hybridized carbons (Fsp3) is 0.474. The normalized spacial score (nSPS) is 26.4. The summed E-state index contributed by atoms with van der Waals surface area (Å²) >= 11 is 0. The summed E-state index contributed by atoms with van der Waals surface area (Å²) in [4.78, 5) is 17.2. The maximum absolute atomic E-state index is 5.01. The molecule has 8 bridgehead atoms. The molecule has 0 fully saturated rings. The lowest BCUT2D eigenvalue weighted by Crippen LogP contribution is -2.17. The number of aliphatic imine (C=N–C) groups is 2. The standard InChI is InChI=1S/C19H22N4/c1-3-14-10-16-5-7-18(22-16)19-8-6-17(23-19)11-15-4-2-13(21-15)9-12(1)20-14/h1-4,18-21H,5-11H2. The minimum atomic E-state index is 0.418. The van der Waals surface area contributed by atoms with Crippen LogP contribution in [0, 0.1) is 0 Å². The third kappa shape index (κ3) is 2.56. The van der Waals surface area contributed by atoms with Crippen LogP contribution in [0.3, 0.4) is 0 Å². The third-order valence-electron chi connectivity index (χ3n) is 5.38. The number of H-pyrrole nitrogens is 2. The summed E-state index contributed by atoms with van der Waals surface area (Å²) in [6.45, 7) is 0. The number of aromatic nitrogens is 2. The third-order valence-corrected chi connectivity index (χ3v) is 5.38. The molecule has 2 atom stereocenters. The molecule has 5 heterocycles. The van der Waals surface area contributed by atoms with Crippen LogP contribution in [0.5, 0.6) is 0 Å². The van der Waals surface area contributed by atoms with Crippen molar-refractivity contribution in [3.63, 3.8) is 0 Å². The van der Waals surface area contributed by atoms with Gasteiger partial charge >= 0.3 is 0 Å². The molecule has 2 unspecified atom stereocenters. The van der Waals surface area contributed by atoms with Gasteiger partial charge < -0.3 is 9.97 Å². The minimum absolute atomic E-state index is 0.418. The molecule has 0 saturated heterocycles. The predicted molar refractivity (Wildman–Crippen MR) is 92.7 cm³/mol. The monoisotopic (exact) mass is 306 g/mol. The summed E-state index contributed by atoms with van der Waals surface area (Å²) in [5.74, 6) is 0. The molecule has 0 amide bonds. The summed E-state index contributed by atoms with van der Waals surface area (Å²) in [7, 11) is 0. The van der Waals surface area contributed by atoms with E-state index < -0.39 is 0 Å². The Bertz CT molecular complexity index is 726. The Hall–Kier alpha value is -2.10. The average Bonchev–Trinajstić information content (AvgIpc) is 3.28. The average molecular weight is 306 g/mol. The highest BCUT2D eigenvalue weighted by molar-refractivity contribution is 5.89. The first-order valence-electron chi connectivity index (χ1n) is 8.76. The van der Waals surface area contributed by atoms with Crippen LogP contribution in [0.15, 0.2) is 34.3 Å². The van der Waals surface area contributed by atoms with Crippen LogP contribution < -0.4 is 0 Å². The second kappa shape index (κ2) is 5.22. The van der Waals surface area contributed by atoms with Crippen LogP contribution in [-0.2, 0) is 19.3 Å². The minimum Gasteiger partial charge on any atom is -0.362 e. The maximum atomic E-state index is 5.01. The Balaban J connectivity index is 1.52. The van der Waals surface area contributed by atoms with Gasteiger partial charge in [0.1, 0.15) is 0 Å². The van der Waals surface area contributed by atoms with Gasteiger partial charge in [0.05, 0.1) is 12.1 Å².